The van der Waals surface area contributed by atoms with Crippen LogP contribution in [0.1, 0.15) is 91.5 Å². The predicted molar refractivity (Wildman–Crippen MR) is 170 cm³/mol. The molecule has 1 heterocycles. The number of aliphatic hydroxyl groups is 1. The van der Waals surface area contributed by atoms with Gasteiger partial charge in [0.25, 0.3) is 0 Å². The summed E-state index contributed by atoms with van der Waals surface area (Å²) in [5.41, 5.74) is 9.55. The molecule has 1 aromatic heterocycles. The van der Waals surface area contributed by atoms with E-state index in [0.29, 0.717) is 0 Å². The van der Waals surface area contributed by atoms with E-state index in [2.05, 4.69) is 88.4 Å². The predicted octanol–water partition coefficient (Wildman–Crippen LogP) is 9.73. The van der Waals surface area contributed by atoms with Crippen molar-refractivity contribution in [3.63, 3.8) is 0 Å². The van der Waals surface area contributed by atoms with Crippen LogP contribution in [-0.2, 0) is 35.7 Å². The molecular weight excluding hydrogens is 695 g/mol. The van der Waals surface area contributed by atoms with Gasteiger partial charge >= 0.3 is 0 Å². The van der Waals surface area contributed by atoms with Gasteiger partial charge in [-0.3, -0.25) is 9.78 Å². The van der Waals surface area contributed by atoms with Crippen molar-refractivity contribution in [2.75, 3.05) is 0 Å². The van der Waals surface area contributed by atoms with Crippen molar-refractivity contribution in [1.82, 2.24) is 4.98 Å². The largest absolute Gasteiger partial charge is 0.512 e. The van der Waals surface area contributed by atoms with Crippen LogP contribution in [0.4, 0.5) is 0 Å². The Morgan fingerprint density at radius 1 is 0.786 bits per heavy atom. The summed E-state index contributed by atoms with van der Waals surface area (Å²) >= 11 is 0. The summed E-state index contributed by atoms with van der Waals surface area (Å²) in [5, 5.41) is 12.0. The van der Waals surface area contributed by atoms with Crippen LogP contribution in [0.2, 0.25) is 0 Å². The molecule has 4 aromatic rings. The van der Waals surface area contributed by atoms with Crippen molar-refractivity contribution in [2.45, 2.75) is 80.1 Å². The molecule has 0 atom stereocenters. The zero-order chi connectivity index (χ0) is 30.1. The van der Waals surface area contributed by atoms with Crippen LogP contribution >= 0.6 is 0 Å². The van der Waals surface area contributed by atoms with Crippen molar-refractivity contribution in [1.29, 1.82) is 0 Å². The first-order chi connectivity index (χ1) is 19.0. The number of benzene rings is 3. The average Bonchev–Trinajstić information content (AvgIpc) is 3.09. The van der Waals surface area contributed by atoms with Gasteiger partial charge in [0.2, 0.25) is 0 Å². The van der Waals surface area contributed by atoms with Crippen LogP contribution < -0.4 is 0 Å². The van der Waals surface area contributed by atoms with E-state index in [1.807, 2.05) is 47.7 Å². The maximum Gasteiger partial charge on any atom is 0.164 e. The number of hydrogen-bond donors (Lipinski definition) is 1. The minimum absolute atomic E-state index is 0. The summed E-state index contributed by atoms with van der Waals surface area (Å²) in [4.78, 5) is 16.4. The van der Waals surface area contributed by atoms with Crippen molar-refractivity contribution in [3.05, 3.63) is 101 Å². The van der Waals surface area contributed by atoms with Crippen LogP contribution in [0.15, 0.2) is 72.6 Å². The summed E-state index contributed by atoms with van der Waals surface area (Å²) in [5.74, 6) is 0.104. The van der Waals surface area contributed by atoms with Crippen molar-refractivity contribution < 1.29 is 30.0 Å². The fourth-order valence-corrected chi connectivity index (χ4v) is 5.98. The molecule has 0 saturated carbocycles. The summed E-state index contributed by atoms with van der Waals surface area (Å²) in [6, 6.07) is 23.7. The Labute approximate surface area is 264 Å². The van der Waals surface area contributed by atoms with Gasteiger partial charge in [-0.05, 0) is 39.3 Å². The molecule has 4 heteroatoms. The molecule has 221 valence electrons. The van der Waals surface area contributed by atoms with E-state index in [9.17, 15) is 9.90 Å². The molecule has 0 saturated heterocycles. The smallest absolute Gasteiger partial charge is 0.164 e. The zero-order valence-electron chi connectivity index (χ0n) is 26.5. The fraction of sp³-hybridized carbons (Fsp3) is 0.368. The van der Waals surface area contributed by atoms with Crippen LogP contribution in [0.5, 0.6) is 0 Å². The Morgan fingerprint density at radius 3 is 1.95 bits per heavy atom. The first kappa shape index (κ1) is 31.9. The number of ketones is 1. The van der Waals surface area contributed by atoms with E-state index in [-0.39, 0.29) is 47.9 Å². The average molecular weight is 737 g/mol. The molecule has 3 aromatic carbocycles. The van der Waals surface area contributed by atoms with Gasteiger partial charge in [-0.2, -0.15) is 0 Å². The molecule has 0 amide bonds. The van der Waals surface area contributed by atoms with Crippen molar-refractivity contribution in [3.8, 4) is 22.4 Å². The second kappa shape index (κ2) is 10.6. The standard InChI is InChI=1S/C27H22N.C11H20O2.Ir/c1-26(2)19-10-7-11-20-23(19)24-21(26)12-13-28-25(24)18-14-16-8-5-6-9-17(16)15-22(18)27(20,3)4;1-10(2,3)8(12)7-9(13)11(4,5)6;/h5-13,15H,1-4H3;7,12H,1-6H3;/q-1;;/b;8-7-;. The van der Waals surface area contributed by atoms with E-state index in [4.69, 9.17) is 4.98 Å². The molecule has 0 spiro atoms. The topological polar surface area (TPSA) is 50.2 Å². The molecule has 42 heavy (non-hydrogen) atoms. The Kier molecular flexibility index (Phi) is 8.02. The summed E-state index contributed by atoms with van der Waals surface area (Å²) < 4.78 is 0. The third kappa shape index (κ3) is 5.18. The Balaban J connectivity index is 0.000000249. The second-order valence-corrected chi connectivity index (χ2v) is 14.6. The van der Waals surface area contributed by atoms with E-state index in [1.54, 1.807) is 0 Å². The molecule has 0 bridgehead atoms. The third-order valence-electron chi connectivity index (χ3n) is 8.76. The number of nitrogens with zero attached hydrogens (tertiary/aromatic N) is 1. The van der Waals surface area contributed by atoms with Crippen LogP contribution in [0.3, 0.4) is 0 Å². The van der Waals surface area contributed by atoms with E-state index in [0.717, 1.165) is 16.6 Å². The Morgan fingerprint density at radius 2 is 1.36 bits per heavy atom. The summed E-state index contributed by atoms with van der Waals surface area (Å²) in [6.45, 7) is 20.5. The molecular formula is C38H42IrNO2-. The van der Waals surface area contributed by atoms with Crippen molar-refractivity contribution in [2.24, 2.45) is 10.8 Å². The molecule has 6 rings (SSSR count). The van der Waals surface area contributed by atoms with Gasteiger partial charge < -0.3 is 5.11 Å². The molecule has 3 nitrogen and oxygen atoms in total. The first-order valence-electron chi connectivity index (χ1n) is 14.5. The SMILES string of the molecule is CC(C)(C)C(=O)/C=C(\O)C(C)(C)C.CC1(C)c2cc3ccccc3[c-]c2-c2nccc3c2-c2c1cccc2C3(C)C.[Ir]. The Bertz CT molecular complexity index is 1730. The van der Waals surface area contributed by atoms with Crippen molar-refractivity contribution >= 4 is 16.6 Å². The minimum atomic E-state index is -0.417. The van der Waals surface area contributed by atoms with E-state index in [1.165, 1.54) is 44.8 Å². The molecule has 1 N–H and O–H groups in total. The van der Waals surface area contributed by atoms with Gasteiger partial charge in [-0.25, -0.2) is 0 Å². The number of allylic oxidation sites excluding steroid dienone is 2. The first-order valence-corrected chi connectivity index (χ1v) is 14.5. The van der Waals surface area contributed by atoms with E-state index < -0.39 is 5.41 Å². The summed E-state index contributed by atoms with van der Waals surface area (Å²) in [6.07, 6.45) is 3.31. The number of fused-ring (bicyclic) bond motifs is 3. The third-order valence-corrected chi connectivity index (χ3v) is 8.76. The zero-order valence-corrected chi connectivity index (χ0v) is 28.9. The number of aromatic nitrogens is 1. The molecule has 0 fully saturated rings. The number of pyridine rings is 1. The van der Waals surface area contributed by atoms with Gasteiger partial charge in [0.1, 0.15) is 5.76 Å². The normalized spacial score (nSPS) is 15.9. The number of aliphatic hydroxyl groups excluding tert-OH is 1. The number of carbonyl (C=O) groups excluding carboxylic acids is 1. The Hall–Kier alpha value is -3.07. The fourth-order valence-electron chi connectivity index (χ4n) is 5.98. The maximum atomic E-state index is 11.5. The minimum Gasteiger partial charge on any atom is -0.512 e. The van der Waals surface area contributed by atoms with Crippen LogP contribution in [0.25, 0.3) is 33.2 Å². The number of hydrogen-bond acceptors (Lipinski definition) is 3. The second-order valence-electron chi connectivity index (χ2n) is 14.6. The van der Waals surface area contributed by atoms with Crippen LogP contribution in [-0.4, -0.2) is 15.9 Å². The quantitative estimate of drug-likeness (QED) is 0.120. The monoisotopic (exact) mass is 737 g/mol. The van der Waals surface area contributed by atoms with Gasteiger partial charge in [0, 0.05) is 54.3 Å². The van der Waals surface area contributed by atoms with E-state index >= 15 is 0 Å². The van der Waals surface area contributed by atoms with Gasteiger partial charge in [0.15, 0.2) is 5.78 Å². The molecule has 0 aliphatic heterocycles. The summed E-state index contributed by atoms with van der Waals surface area (Å²) in [7, 11) is 0. The number of carbonyl (C=O) groups is 1. The maximum absolute atomic E-state index is 11.5. The molecule has 1 radical (unpaired) electrons. The molecule has 2 aliphatic rings. The molecule has 0 unspecified atom stereocenters. The number of rotatable bonds is 1. The molecule has 2 aliphatic carbocycles. The van der Waals surface area contributed by atoms with Gasteiger partial charge in [0.05, 0.1) is 0 Å². The van der Waals surface area contributed by atoms with Gasteiger partial charge in [-0.1, -0.05) is 122 Å². The van der Waals surface area contributed by atoms with Gasteiger partial charge in [-0.15, -0.1) is 23.6 Å². The van der Waals surface area contributed by atoms with Crippen LogP contribution in [0, 0.1) is 16.9 Å².